The molecule has 8 heteroatoms. The zero-order chi connectivity index (χ0) is 14.9. The molecule has 20 heavy (non-hydrogen) atoms. The number of nitrogens with one attached hydrogen (secondary N) is 2. The molecule has 0 fully saturated rings. The van der Waals surface area contributed by atoms with E-state index in [1.54, 1.807) is 20.0 Å². The second-order valence-corrected chi connectivity index (χ2v) is 6.14. The molecule has 0 bridgehead atoms. The Morgan fingerprint density at radius 2 is 2.15 bits per heavy atom. The lowest BCUT2D eigenvalue weighted by atomic mass is 10.2. The van der Waals surface area contributed by atoms with Gasteiger partial charge in [-0.15, -0.1) is 0 Å². The predicted octanol–water partition coefficient (Wildman–Crippen LogP) is 1.48. The van der Waals surface area contributed by atoms with Gasteiger partial charge in [0.1, 0.15) is 16.5 Å². The maximum Gasteiger partial charge on any atom is 0.244 e. The van der Waals surface area contributed by atoms with Gasteiger partial charge in [-0.2, -0.15) is 0 Å². The van der Waals surface area contributed by atoms with Crippen molar-refractivity contribution in [3.8, 4) is 0 Å². The topological polar surface area (TPSA) is 101 Å². The molecule has 2 rings (SSSR count). The maximum atomic E-state index is 13.8. The standard InChI is InChI=1S/C12H15FN4O2S/c1-7-5-9(13)11(6-10(7)14)20(18,19)17-8(2)12-15-3-4-16-12/h3-6,8,17H,14H2,1-2H3,(H,15,16). The molecule has 0 aliphatic heterocycles. The summed E-state index contributed by atoms with van der Waals surface area (Å²) in [7, 11) is -4.02. The largest absolute Gasteiger partial charge is 0.398 e. The molecule has 1 heterocycles. The van der Waals surface area contributed by atoms with Gasteiger partial charge in [-0.3, -0.25) is 0 Å². The molecule has 0 saturated heterocycles. The lowest BCUT2D eigenvalue weighted by molar-refractivity contribution is 0.543. The summed E-state index contributed by atoms with van der Waals surface area (Å²) in [6.07, 6.45) is 3.08. The molecule has 1 aromatic heterocycles. The molecule has 6 nitrogen and oxygen atoms in total. The van der Waals surface area contributed by atoms with Crippen LogP contribution in [0.15, 0.2) is 29.4 Å². The van der Waals surface area contributed by atoms with E-state index >= 15 is 0 Å². The quantitative estimate of drug-likeness (QED) is 0.744. The van der Waals surface area contributed by atoms with Crippen molar-refractivity contribution in [1.29, 1.82) is 0 Å². The third-order valence-corrected chi connectivity index (χ3v) is 4.43. The van der Waals surface area contributed by atoms with Gasteiger partial charge in [0.05, 0.1) is 6.04 Å². The fourth-order valence-electron chi connectivity index (χ4n) is 1.74. The van der Waals surface area contributed by atoms with E-state index in [2.05, 4.69) is 14.7 Å². The number of aryl methyl sites for hydroxylation is 1. The minimum absolute atomic E-state index is 0.220. The Kier molecular flexibility index (Phi) is 3.78. The smallest absolute Gasteiger partial charge is 0.244 e. The van der Waals surface area contributed by atoms with Gasteiger partial charge in [0.15, 0.2) is 0 Å². The molecule has 2 aromatic rings. The summed E-state index contributed by atoms with van der Waals surface area (Å²) in [4.78, 5) is 6.26. The fourth-order valence-corrected chi connectivity index (χ4v) is 3.04. The van der Waals surface area contributed by atoms with Gasteiger partial charge in [-0.1, -0.05) is 0 Å². The van der Waals surface area contributed by atoms with Gasteiger partial charge >= 0.3 is 0 Å². The van der Waals surface area contributed by atoms with Crippen molar-refractivity contribution in [3.05, 3.63) is 41.7 Å². The Hall–Kier alpha value is -1.93. The van der Waals surface area contributed by atoms with E-state index < -0.39 is 26.8 Å². The van der Waals surface area contributed by atoms with E-state index in [1.807, 2.05) is 0 Å². The summed E-state index contributed by atoms with van der Waals surface area (Å²) in [6, 6.07) is 1.60. The second-order valence-electron chi connectivity index (χ2n) is 4.46. The summed E-state index contributed by atoms with van der Waals surface area (Å²) < 4.78 is 40.5. The number of H-pyrrole nitrogens is 1. The van der Waals surface area contributed by atoms with Crippen molar-refractivity contribution in [2.45, 2.75) is 24.8 Å². The first kappa shape index (κ1) is 14.5. The lowest BCUT2D eigenvalue weighted by Gasteiger charge is -2.13. The number of aromatic nitrogens is 2. The van der Waals surface area contributed by atoms with Crippen LogP contribution in [-0.4, -0.2) is 18.4 Å². The number of aromatic amines is 1. The van der Waals surface area contributed by atoms with Crippen LogP contribution in [0.1, 0.15) is 24.4 Å². The second kappa shape index (κ2) is 5.22. The number of halogens is 1. The van der Waals surface area contributed by atoms with E-state index in [0.717, 1.165) is 12.1 Å². The first-order valence-electron chi connectivity index (χ1n) is 5.88. The summed E-state index contributed by atoms with van der Waals surface area (Å²) >= 11 is 0. The number of anilines is 1. The first-order chi connectivity index (χ1) is 9.31. The molecule has 4 N–H and O–H groups in total. The molecule has 0 aliphatic carbocycles. The molecule has 1 unspecified atom stereocenters. The van der Waals surface area contributed by atoms with Crippen LogP contribution in [0.2, 0.25) is 0 Å². The normalized spacial score (nSPS) is 13.3. The van der Waals surface area contributed by atoms with Crippen LogP contribution in [0.5, 0.6) is 0 Å². The highest BCUT2D eigenvalue weighted by Gasteiger charge is 2.23. The van der Waals surface area contributed by atoms with E-state index in [9.17, 15) is 12.8 Å². The SMILES string of the molecule is Cc1cc(F)c(S(=O)(=O)NC(C)c2ncc[nH]2)cc1N. The van der Waals surface area contributed by atoms with Crippen LogP contribution < -0.4 is 10.5 Å². The van der Waals surface area contributed by atoms with E-state index in [1.165, 1.54) is 6.20 Å². The monoisotopic (exact) mass is 298 g/mol. The Balaban J connectivity index is 2.34. The number of nitrogens with zero attached hydrogens (tertiary/aromatic N) is 1. The lowest BCUT2D eigenvalue weighted by Crippen LogP contribution is -2.28. The maximum absolute atomic E-state index is 13.8. The third kappa shape index (κ3) is 2.81. The average molecular weight is 298 g/mol. The Bertz CT molecular complexity index is 713. The van der Waals surface area contributed by atoms with Crippen molar-refractivity contribution < 1.29 is 12.8 Å². The van der Waals surface area contributed by atoms with Gasteiger partial charge in [0.25, 0.3) is 0 Å². The molecule has 108 valence electrons. The highest BCUT2D eigenvalue weighted by molar-refractivity contribution is 7.89. The van der Waals surface area contributed by atoms with Crippen molar-refractivity contribution in [3.63, 3.8) is 0 Å². The molecular formula is C12H15FN4O2S. The number of imidazole rings is 1. The van der Waals surface area contributed by atoms with Crippen molar-refractivity contribution in [1.82, 2.24) is 14.7 Å². The van der Waals surface area contributed by atoms with Gasteiger partial charge in [-0.05, 0) is 31.5 Å². The van der Waals surface area contributed by atoms with Gasteiger partial charge < -0.3 is 10.7 Å². The molecule has 0 aliphatic rings. The van der Waals surface area contributed by atoms with Crippen LogP contribution in [0, 0.1) is 12.7 Å². The van der Waals surface area contributed by atoms with E-state index in [0.29, 0.717) is 11.4 Å². The molecule has 1 aromatic carbocycles. The highest BCUT2D eigenvalue weighted by atomic mass is 32.2. The van der Waals surface area contributed by atoms with Gasteiger partial charge in [0, 0.05) is 18.1 Å². The molecule has 0 amide bonds. The molecule has 0 radical (unpaired) electrons. The summed E-state index contributed by atoms with van der Waals surface area (Å²) in [5.74, 6) is -0.398. The molecule has 0 spiro atoms. The molecular weight excluding hydrogens is 283 g/mol. The number of hydrogen-bond donors (Lipinski definition) is 3. The Morgan fingerprint density at radius 3 is 2.75 bits per heavy atom. The third-order valence-electron chi connectivity index (χ3n) is 2.87. The molecule has 0 saturated carbocycles. The number of rotatable bonds is 4. The summed E-state index contributed by atoms with van der Waals surface area (Å²) in [6.45, 7) is 3.21. The minimum atomic E-state index is -4.02. The zero-order valence-corrected chi connectivity index (χ0v) is 11.8. The van der Waals surface area contributed by atoms with Crippen molar-refractivity contribution >= 4 is 15.7 Å². The summed E-state index contributed by atoms with van der Waals surface area (Å²) in [5.41, 5.74) is 6.34. The average Bonchev–Trinajstić information content (AvgIpc) is 2.86. The first-order valence-corrected chi connectivity index (χ1v) is 7.37. The number of benzene rings is 1. The van der Waals surface area contributed by atoms with E-state index in [4.69, 9.17) is 5.73 Å². The highest BCUT2D eigenvalue weighted by Crippen LogP contribution is 2.22. The van der Waals surface area contributed by atoms with Gasteiger partial charge in [-0.25, -0.2) is 22.5 Å². The van der Waals surface area contributed by atoms with Crippen molar-refractivity contribution in [2.24, 2.45) is 0 Å². The van der Waals surface area contributed by atoms with Crippen LogP contribution in [0.4, 0.5) is 10.1 Å². The number of hydrogen-bond acceptors (Lipinski definition) is 4. The van der Waals surface area contributed by atoms with Crippen LogP contribution in [-0.2, 0) is 10.0 Å². The van der Waals surface area contributed by atoms with Gasteiger partial charge in [0.2, 0.25) is 10.0 Å². The van der Waals surface area contributed by atoms with Crippen LogP contribution in [0.3, 0.4) is 0 Å². The summed E-state index contributed by atoms with van der Waals surface area (Å²) in [5, 5.41) is 0. The van der Waals surface area contributed by atoms with Crippen LogP contribution >= 0.6 is 0 Å². The van der Waals surface area contributed by atoms with E-state index in [-0.39, 0.29) is 5.69 Å². The molecule has 1 atom stereocenters. The minimum Gasteiger partial charge on any atom is -0.398 e. The number of nitrogen functional groups attached to an aromatic ring is 1. The number of nitrogens with two attached hydrogens (primary N) is 1. The van der Waals surface area contributed by atoms with Crippen molar-refractivity contribution in [2.75, 3.05) is 5.73 Å². The predicted molar refractivity (Wildman–Crippen MR) is 72.9 cm³/mol. The Labute approximate surface area is 116 Å². The fraction of sp³-hybridized carbons (Fsp3) is 0.250. The zero-order valence-electron chi connectivity index (χ0n) is 11.0. The number of sulfonamides is 1. The Morgan fingerprint density at radius 1 is 1.45 bits per heavy atom. The van der Waals surface area contributed by atoms with Crippen LogP contribution in [0.25, 0.3) is 0 Å².